The molecule has 124 valence electrons. The Hall–Kier alpha value is -2.44. The number of hydrogen-bond donors (Lipinski definition) is 3. The molecule has 0 spiro atoms. The summed E-state index contributed by atoms with van der Waals surface area (Å²) in [4.78, 5) is 24.0. The van der Waals surface area contributed by atoms with Crippen LogP contribution in [0.2, 0.25) is 5.02 Å². The molecule has 0 atom stereocenters. The lowest BCUT2D eigenvalue weighted by Crippen LogP contribution is -2.48. The molecule has 0 unspecified atom stereocenters. The summed E-state index contributed by atoms with van der Waals surface area (Å²) in [7, 11) is 0. The second-order valence-electron chi connectivity index (χ2n) is 5.17. The lowest BCUT2D eigenvalue weighted by atomic mass is 10.1. The van der Waals surface area contributed by atoms with E-state index in [0.717, 1.165) is 11.1 Å². The van der Waals surface area contributed by atoms with Gasteiger partial charge in [-0.3, -0.25) is 25.8 Å². The number of hydrazine groups is 1. The van der Waals surface area contributed by atoms with Gasteiger partial charge in [0.2, 0.25) is 0 Å². The molecule has 0 aliphatic rings. The highest BCUT2D eigenvalue weighted by atomic mass is 35.5. The topological polar surface area (TPSA) is 70.2 Å². The molecule has 0 fully saturated rings. The van der Waals surface area contributed by atoms with Gasteiger partial charge in [0.15, 0.2) is 5.11 Å². The van der Waals surface area contributed by atoms with Crippen LogP contribution in [0.5, 0.6) is 0 Å². The fourth-order valence-electron chi connectivity index (χ4n) is 1.88. The van der Waals surface area contributed by atoms with Gasteiger partial charge < -0.3 is 0 Å². The summed E-state index contributed by atoms with van der Waals surface area (Å²) in [5.41, 5.74) is 7.91. The second kappa shape index (κ2) is 7.90. The zero-order valence-electron chi connectivity index (χ0n) is 13.1. The van der Waals surface area contributed by atoms with E-state index in [1.54, 1.807) is 36.4 Å². The molecule has 0 aliphatic carbocycles. The first kappa shape index (κ1) is 17.9. The summed E-state index contributed by atoms with van der Waals surface area (Å²) in [5, 5.41) is 3.04. The average Bonchev–Trinajstić information content (AvgIpc) is 2.55. The van der Waals surface area contributed by atoms with E-state index in [9.17, 15) is 9.59 Å². The molecule has 2 aromatic rings. The Labute approximate surface area is 150 Å². The number of carbonyl (C=O) groups is 2. The van der Waals surface area contributed by atoms with Crippen LogP contribution in [0.15, 0.2) is 42.5 Å². The average molecular weight is 362 g/mol. The van der Waals surface area contributed by atoms with Crippen molar-refractivity contribution in [2.24, 2.45) is 0 Å². The van der Waals surface area contributed by atoms with Gasteiger partial charge in [-0.2, -0.15) is 0 Å². The number of nitrogens with one attached hydrogen (secondary N) is 3. The van der Waals surface area contributed by atoms with Crippen LogP contribution in [0.25, 0.3) is 0 Å². The van der Waals surface area contributed by atoms with Gasteiger partial charge in [0.05, 0.1) is 0 Å². The number of carbonyl (C=O) groups excluding carboxylic acids is 2. The molecule has 24 heavy (non-hydrogen) atoms. The summed E-state index contributed by atoms with van der Waals surface area (Å²) >= 11 is 10.8. The van der Waals surface area contributed by atoms with Crippen LogP contribution in [0, 0.1) is 13.8 Å². The first-order valence-electron chi connectivity index (χ1n) is 7.11. The summed E-state index contributed by atoms with van der Waals surface area (Å²) in [6, 6.07) is 11.7. The fraction of sp³-hybridized carbons (Fsp3) is 0.118. The minimum Gasteiger partial charge on any atom is -0.298 e. The van der Waals surface area contributed by atoms with Gasteiger partial charge in [0, 0.05) is 16.1 Å². The molecule has 5 nitrogen and oxygen atoms in total. The van der Waals surface area contributed by atoms with Crippen LogP contribution in [0.3, 0.4) is 0 Å². The third kappa shape index (κ3) is 4.78. The van der Waals surface area contributed by atoms with Gasteiger partial charge in [-0.25, -0.2) is 0 Å². The van der Waals surface area contributed by atoms with Crippen molar-refractivity contribution in [2.75, 3.05) is 0 Å². The first-order chi connectivity index (χ1) is 11.4. The zero-order valence-corrected chi connectivity index (χ0v) is 14.7. The summed E-state index contributed by atoms with van der Waals surface area (Å²) in [5.74, 6) is -0.745. The van der Waals surface area contributed by atoms with E-state index >= 15 is 0 Å². The Morgan fingerprint density at radius 1 is 0.875 bits per heavy atom. The normalized spacial score (nSPS) is 9.96. The molecule has 3 N–H and O–H groups in total. The molecular formula is C17H16ClN3O2S. The molecule has 2 aromatic carbocycles. The molecular weight excluding hydrogens is 346 g/mol. The van der Waals surface area contributed by atoms with Gasteiger partial charge in [0.25, 0.3) is 11.8 Å². The number of amides is 2. The van der Waals surface area contributed by atoms with Crippen LogP contribution < -0.4 is 16.2 Å². The van der Waals surface area contributed by atoms with Crippen LogP contribution in [0.4, 0.5) is 0 Å². The van der Waals surface area contributed by atoms with Crippen LogP contribution in [0.1, 0.15) is 31.8 Å². The Bertz CT molecular complexity index is 791. The summed E-state index contributed by atoms with van der Waals surface area (Å²) in [6.07, 6.45) is 0. The Morgan fingerprint density at radius 2 is 1.50 bits per heavy atom. The molecule has 0 aromatic heterocycles. The first-order valence-corrected chi connectivity index (χ1v) is 7.90. The van der Waals surface area contributed by atoms with Gasteiger partial charge in [-0.15, -0.1) is 0 Å². The molecule has 0 bridgehead atoms. The summed E-state index contributed by atoms with van der Waals surface area (Å²) < 4.78 is 0. The molecule has 0 saturated heterocycles. The number of halogens is 1. The fourth-order valence-corrected chi connectivity index (χ4v) is 2.15. The van der Waals surface area contributed by atoms with E-state index in [1.165, 1.54) is 0 Å². The molecule has 0 aliphatic heterocycles. The van der Waals surface area contributed by atoms with E-state index in [2.05, 4.69) is 16.2 Å². The second-order valence-corrected chi connectivity index (χ2v) is 6.01. The highest BCUT2D eigenvalue weighted by Crippen LogP contribution is 2.10. The lowest BCUT2D eigenvalue weighted by molar-refractivity contribution is 0.0934. The number of benzene rings is 2. The molecule has 7 heteroatoms. The van der Waals surface area contributed by atoms with E-state index in [-0.39, 0.29) is 11.0 Å². The largest absolute Gasteiger partial charge is 0.298 e. The number of thiocarbonyl (C=S) groups is 1. The number of aryl methyl sites for hydroxylation is 2. The zero-order chi connectivity index (χ0) is 17.7. The number of rotatable bonds is 2. The SMILES string of the molecule is Cc1ccc(C(=O)NC(=S)NNC(=O)c2ccc(Cl)cc2)cc1C. The maximum atomic E-state index is 12.1. The van der Waals surface area contributed by atoms with E-state index in [4.69, 9.17) is 23.8 Å². The Balaban J connectivity index is 1.88. The van der Waals surface area contributed by atoms with Crippen molar-refractivity contribution in [3.8, 4) is 0 Å². The van der Waals surface area contributed by atoms with E-state index < -0.39 is 5.91 Å². The van der Waals surface area contributed by atoms with Gasteiger partial charge >= 0.3 is 0 Å². The highest BCUT2D eigenvalue weighted by Gasteiger charge is 2.10. The van der Waals surface area contributed by atoms with E-state index in [1.807, 2.05) is 19.9 Å². The van der Waals surface area contributed by atoms with Crippen LogP contribution in [-0.4, -0.2) is 16.9 Å². The smallest absolute Gasteiger partial charge is 0.269 e. The molecule has 2 amide bonds. The third-order valence-electron chi connectivity index (χ3n) is 3.39. The lowest BCUT2D eigenvalue weighted by Gasteiger charge is -2.11. The summed E-state index contributed by atoms with van der Waals surface area (Å²) in [6.45, 7) is 3.89. The Morgan fingerprint density at radius 3 is 2.12 bits per heavy atom. The Kier molecular flexibility index (Phi) is 5.89. The van der Waals surface area contributed by atoms with Crippen molar-refractivity contribution < 1.29 is 9.59 Å². The third-order valence-corrected chi connectivity index (χ3v) is 3.85. The predicted octanol–water partition coefficient (Wildman–Crippen LogP) is 2.91. The maximum absolute atomic E-state index is 12.1. The molecule has 0 radical (unpaired) electrons. The molecule has 2 rings (SSSR count). The quantitative estimate of drug-likeness (QED) is 0.568. The van der Waals surface area contributed by atoms with Crippen molar-refractivity contribution in [3.63, 3.8) is 0 Å². The van der Waals surface area contributed by atoms with E-state index in [0.29, 0.717) is 16.1 Å². The van der Waals surface area contributed by atoms with Crippen LogP contribution in [-0.2, 0) is 0 Å². The van der Waals surface area contributed by atoms with Crippen molar-refractivity contribution >= 4 is 40.7 Å². The van der Waals surface area contributed by atoms with Crippen molar-refractivity contribution in [1.29, 1.82) is 0 Å². The monoisotopic (exact) mass is 361 g/mol. The van der Waals surface area contributed by atoms with Crippen molar-refractivity contribution in [2.45, 2.75) is 13.8 Å². The van der Waals surface area contributed by atoms with Crippen LogP contribution >= 0.6 is 23.8 Å². The number of hydrogen-bond acceptors (Lipinski definition) is 3. The van der Waals surface area contributed by atoms with Gasteiger partial charge in [0.1, 0.15) is 0 Å². The van der Waals surface area contributed by atoms with Gasteiger partial charge in [-0.1, -0.05) is 17.7 Å². The maximum Gasteiger partial charge on any atom is 0.269 e. The van der Waals surface area contributed by atoms with Crippen molar-refractivity contribution in [1.82, 2.24) is 16.2 Å². The highest BCUT2D eigenvalue weighted by molar-refractivity contribution is 7.80. The standard InChI is InChI=1S/C17H16ClN3O2S/c1-10-3-4-13(9-11(10)2)15(22)19-17(24)21-20-16(23)12-5-7-14(18)8-6-12/h3-9H,1-2H3,(H,20,23)(H2,19,21,22,24). The molecule has 0 saturated carbocycles. The minimum absolute atomic E-state index is 0.000501. The van der Waals surface area contributed by atoms with Crippen molar-refractivity contribution in [3.05, 3.63) is 69.7 Å². The van der Waals surface area contributed by atoms with Gasteiger partial charge in [-0.05, 0) is 73.6 Å². The predicted molar refractivity (Wildman–Crippen MR) is 98.0 cm³/mol. The minimum atomic E-state index is -0.394. The molecule has 0 heterocycles.